The molecule has 4 N–H and O–H groups in total. The Morgan fingerprint density at radius 3 is 2.70 bits per heavy atom. The highest BCUT2D eigenvalue weighted by Gasteiger charge is 2.28. The predicted octanol–water partition coefficient (Wildman–Crippen LogP) is 0.890. The van der Waals surface area contributed by atoms with E-state index in [9.17, 15) is 4.79 Å². The standard InChI is InChI=1S/C15H29N3O2/c16-6-7-18-10-13(4-5-15(19)20)8-14(11-18)17-9-12-2-1-3-12/h12-14,17H,1-11,16H2,(H,19,20). The molecule has 5 heteroatoms. The van der Waals surface area contributed by atoms with Crippen molar-refractivity contribution >= 4 is 5.97 Å². The van der Waals surface area contributed by atoms with E-state index < -0.39 is 5.97 Å². The van der Waals surface area contributed by atoms with Crippen molar-refractivity contribution in [2.45, 2.75) is 44.6 Å². The van der Waals surface area contributed by atoms with Crippen LogP contribution in [0.15, 0.2) is 0 Å². The Hall–Kier alpha value is -0.650. The molecule has 0 aromatic rings. The van der Waals surface area contributed by atoms with Crippen LogP contribution in [-0.4, -0.2) is 54.7 Å². The van der Waals surface area contributed by atoms with Gasteiger partial charge >= 0.3 is 5.97 Å². The zero-order valence-corrected chi connectivity index (χ0v) is 12.4. The summed E-state index contributed by atoms with van der Waals surface area (Å²) in [6.07, 6.45) is 6.32. The average Bonchev–Trinajstić information content (AvgIpc) is 2.35. The summed E-state index contributed by atoms with van der Waals surface area (Å²) in [6, 6.07) is 0.509. The van der Waals surface area contributed by atoms with E-state index in [0.29, 0.717) is 18.5 Å². The average molecular weight is 283 g/mol. The molecule has 0 bridgehead atoms. The minimum absolute atomic E-state index is 0.288. The van der Waals surface area contributed by atoms with Crippen molar-refractivity contribution in [3.63, 3.8) is 0 Å². The number of nitrogens with one attached hydrogen (secondary N) is 1. The number of rotatable bonds is 8. The lowest BCUT2D eigenvalue weighted by Crippen LogP contribution is -2.51. The molecular formula is C15H29N3O2. The molecule has 2 atom stereocenters. The number of carbonyl (C=O) groups is 1. The molecule has 5 nitrogen and oxygen atoms in total. The Balaban J connectivity index is 1.77. The van der Waals surface area contributed by atoms with E-state index in [0.717, 1.165) is 44.9 Å². The molecule has 116 valence electrons. The minimum Gasteiger partial charge on any atom is -0.481 e. The van der Waals surface area contributed by atoms with Crippen LogP contribution < -0.4 is 11.1 Å². The topological polar surface area (TPSA) is 78.6 Å². The predicted molar refractivity (Wildman–Crippen MR) is 79.6 cm³/mol. The molecule has 2 rings (SSSR count). The molecule has 1 saturated heterocycles. The molecule has 0 spiro atoms. The number of aliphatic carboxylic acids is 1. The fourth-order valence-electron chi connectivity index (χ4n) is 3.38. The molecule has 2 aliphatic rings. The Bertz CT molecular complexity index is 307. The smallest absolute Gasteiger partial charge is 0.303 e. The summed E-state index contributed by atoms with van der Waals surface area (Å²) in [6.45, 7) is 4.80. The number of hydrogen-bond acceptors (Lipinski definition) is 4. The molecule has 0 radical (unpaired) electrons. The monoisotopic (exact) mass is 283 g/mol. The molecule has 2 unspecified atom stereocenters. The highest BCUT2D eigenvalue weighted by Crippen LogP contribution is 2.26. The van der Waals surface area contributed by atoms with Gasteiger partial charge in [0.1, 0.15) is 0 Å². The highest BCUT2D eigenvalue weighted by molar-refractivity contribution is 5.66. The second kappa shape index (κ2) is 7.96. The fourth-order valence-corrected chi connectivity index (χ4v) is 3.38. The first kappa shape index (κ1) is 15.7. The van der Waals surface area contributed by atoms with E-state index >= 15 is 0 Å². The third kappa shape index (κ3) is 5.04. The van der Waals surface area contributed by atoms with Crippen LogP contribution in [0.5, 0.6) is 0 Å². The number of nitrogens with two attached hydrogens (primary N) is 1. The van der Waals surface area contributed by atoms with Gasteiger partial charge in [-0.25, -0.2) is 0 Å². The Morgan fingerprint density at radius 2 is 2.10 bits per heavy atom. The second-order valence-corrected chi connectivity index (χ2v) is 6.48. The van der Waals surface area contributed by atoms with Crippen molar-refractivity contribution in [1.82, 2.24) is 10.2 Å². The van der Waals surface area contributed by atoms with E-state index in [-0.39, 0.29) is 6.42 Å². The zero-order chi connectivity index (χ0) is 14.4. The number of hydrogen-bond donors (Lipinski definition) is 3. The van der Waals surface area contributed by atoms with Gasteiger partial charge in [0.15, 0.2) is 0 Å². The van der Waals surface area contributed by atoms with E-state index in [2.05, 4.69) is 10.2 Å². The van der Waals surface area contributed by atoms with Crippen LogP contribution in [-0.2, 0) is 4.79 Å². The van der Waals surface area contributed by atoms with E-state index in [1.165, 1.54) is 19.3 Å². The summed E-state index contributed by atoms with van der Waals surface area (Å²) in [7, 11) is 0. The summed E-state index contributed by atoms with van der Waals surface area (Å²) >= 11 is 0. The van der Waals surface area contributed by atoms with Gasteiger partial charge in [-0.1, -0.05) is 6.42 Å². The first-order valence-corrected chi connectivity index (χ1v) is 8.05. The first-order valence-electron chi connectivity index (χ1n) is 8.05. The number of piperidine rings is 1. The number of carboxylic acid groups (broad SMARTS) is 1. The molecule has 1 saturated carbocycles. The Kier molecular flexibility index (Phi) is 6.26. The maximum absolute atomic E-state index is 10.7. The Morgan fingerprint density at radius 1 is 1.30 bits per heavy atom. The molecule has 0 amide bonds. The minimum atomic E-state index is -0.681. The van der Waals surface area contributed by atoms with Crippen LogP contribution >= 0.6 is 0 Å². The van der Waals surface area contributed by atoms with Crippen LogP contribution in [0.25, 0.3) is 0 Å². The first-order chi connectivity index (χ1) is 9.67. The summed E-state index contributed by atoms with van der Waals surface area (Å²) in [5.74, 6) is 0.683. The maximum Gasteiger partial charge on any atom is 0.303 e. The number of likely N-dealkylation sites (tertiary alicyclic amines) is 1. The van der Waals surface area contributed by atoms with Crippen molar-refractivity contribution in [2.75, 3.05) is 32.7 Å². The van der Waals surface area contributed by atoms with Gasteiger partial charge in [0, 0.05) is 38.6 Å². The van der Waals surface area contributed by atoms with Crippen LogP contribution in [0.3, 0.4) is 0 Å². The van der Waals surface area contributed by atoms with Crippen LogP contribution in [0, 0.1) is 11.8 Å². The Labute approximate surface area is 121 Å². The molecule has 1 heterocycles. The lowest BCUT2D eigenvalue weighted by atomic mass is 9.84. The van der Waals surface area contributed by atoms with Gasteiger partial charge in [-0.2, -0.15) is 0 Å². The van der Waals surface area contributed by atoms with Gasteiger partial charge in [0.05, 0.1) is 0 Å². The normalized spacial score (nSPS) is 28.2. The van der Waals surface area contributed by atoms with E-state index in [1.54, 1.807) is 0 Å². The lowest BCUT2D eigenvalue weighted by Gasteiger charge is -2.39. The van der Waals surface area contributed by atoms with Gasteiger partial charge in [-0.15, -0.1) is 0 Å². The summed E-state index contributed by atoms with van der Waals surface area (Å²) in [4.78, 5) is 13.1. The van der Waals surface area contributed by atoms with Gasteiger partial charge in [0.2, 0.25) is 0 Å². The summed E-state index contributed by atoms with van der Waals surface area (Å²) in [5.41, 5.74) is 5.67. The van der Waals surface area contributed by atoms with Gasteiger partial charge in [-0.3, -0.25) is 4.79 Å². The quantitative estimate of drug-likeness (QED) is 0.616. The van der Waals surface area contributed by atoms with Crippen LogP contribution in [0.1, 0.15) is 38.5 Å². The molecular weight excluding hydrogens is 254 g/mol. The number of carboxylic acids is 1. The van der Waals surface area contributed by atoms with Crippen LogP contribution in [0.4, 0.5) is 0 Å². The van der Waals surface area contributed by atoms with Crippen molar-refractivity contribution in [2.24, 2.45) is 17.6 Å². The third-order valence-corrected chi connectivity index (χ3v) is 4.74. The third-order valence-electron chi connectivity index (χ3n) is 4.74. The van der Waals surface area contributed by atoms with Gasteiger partial charge in [0.25, 0.3) is 0 Å². The second-order valence-electron chi connectivity index (χ2n) is 6.48. The zero-order valence-electron chi connectivity index (χ0n) is 12.4. The molecule has 0 aromatic heterocycles. The molecule has 1 aliphatic heterocycles. The van der Waals surface area contributed by atoms with Crippen LogP contribution in [0.2, 0.25) is 0 Å². The highest BCUT2D eigenvalue weighted by atomic mass is 16.4. The molecule has 20 heavy (non-hydrogen) atoms. The van der Waals surface area contributed by atoms with Crippen molar-refractivity contribution < 1.29 is 9.90 Å². The fraction of sp³-hybridized carbons (Fsp3) is 0.933. The van der Waals surface area contributed by atoms with Crippen molar-refractivity contribution in [1.29, 1.82) is 0 Å². The number of nitrogens with zero attached hydrogens (tertiary/aromatic N) is 1. The van der Waals surface area contributed by atoms with Gasteiger partial charge in [-0.05, 0) is 44.1 Å². The lowest BCUT2D eigenvalue weighted by molar-refractivity contribution is -0.137. The van der Waals surface area contributed by atoms with E-state index in [1.807, 2.05) is 0 Å². The molecule has 2 fully saturated rings. The van der Waals surface area contributed by atoms with Crippen molar-refractivity contribution in [3.8, 4) is 0 Å². The van der Waals surface area contributed by atoms with Crippen molar-refractivity contribution in [3.05, 3.63) is 0 Å². The van der Waals surface area contributed by atoms with Gasteiger partial charge < -0.3 is 21.1 Å². The largest absolute Gasteiger partial charge is 0.481 e. The van der Waals surface area contributed by atoms with E-state index in [4.69, 9.17) is 10.8 Å². The summed E-state index contributed by atoms with van der Waals surface area (Å²) in [5, 5.41) is 12.5. The molecule has 0 aromatic carbocycles. The molecule has 1 aliphatic carbocycles. The summed E-state index contributed by atoms with van der Waals surface area (Å²) < 4.78 is 0. The maximum atomic E-state index is 10.7. The SMILES string of the molecule is NCCN1CC(CCC(=O)O)CC(NCC2CCC2)C1.